The lowest BCUT2D eigenvalue weighted by molar-refractivity contribution is -0.384. The summed E-state index contributed by atoms with van der Waals surface area (Å²) in [5.74, 6) is 0. The number of sulfonamides is 1. The Labute approximate surface area is 162 Å². The van der Waals surface area contributed by atoms with E-state index >= 15 is 0 Å². The van der Waals surface area contributed by atoms with Crippen molar-refractivity contribution in [2.24, 2.45) is 0 Å². The number of likely N-dealkylation sites (N-methyl/N-ethyl adjacent to an activating group) is 1. The number of piperazine rings is 1. The van der Waals surface area contributed by atoms with Crippen molar-refractivity contribution in [1.29, 1.82) is 0 Å². The second-order valence-corrected chi connectivity index (χ2v) is 8.66. The maximum atomic E-state index is 12.9. The van der Waals surface area contributed by atoms with E-state index in [1.165, 1.54) is 22.8 Å². The minimum absolute atomic E-state index is 0.0723. The molecule has 1 aliphatic heterocycles. The monoisotopic (exact) mass is 401 g/mol. The molecule has 0 amide bonds. The fourth-order valence-electron chi connectivity index (χ4n) is 3.34. The van der Waals surface area contributed by atoms with Gasteiger partial charge < -0.3 is 4.90 Å². The molecule has 0 N–H and O–H groups in total. The van der Waals surface area contributed by atoms with E-state index in [1.807, 2.05) is 30.1 Å². The molecule has 1 fully saturated rings. The van der Waals surface area contributed by atoms with Crippen molar-refractivity contribution in [2.45, 2.75) is 4.90 Å². The molecule has 9 nitrogen and oxygen atoms in total. The Kier molecular flexibility index (Phi) is 4.61. The lowest BCUT2D eigenvalue weighted by atomic mass is 10.2. The van der Waals surface area contributed by atoms with Crippen LogP contribution in [0.2, 0.25) is 0 Å². The number of nitro groups is 1. The molecule has 0 bridgehead atoms. The molecule has 0 spiro atoms. The van der Waals surface area contributed by atoms with Crippen molar-refractivity contribution in [3.8, 4) is 5.69 Å². The molecule has 0 unspecified atom stereocenters. The lowest BCUT2D eigenvalue weighted by Gasteiger charge is -2.31. The molecule has 28 heavy (non-hydrogen) atoms. The minimum Gasteiger partial charge on any atom is -0.304 e. The Balaban J connectivity index is 1.79. The second-order valence-electron chi connectivity index (χ2n) is 6.72. The van der Waals surface area contributed by atoms with Crippen LogP contribution >= 0.6 is 0 Å². The Morgan fingerprint density at radius 3 is 2.50 bits per heavy atom. The number of nitrogens with zero attached hydrogens (tertiary/aromatic N) is 5. The number of aromatic nitrogens is 2. The van der Waals surface area contributed by atoms with Crippen LogP contribution < -0.4 is 0 Å². The first-order valence-corrected chi connectivity index (χ1v) is 10.2. The topological polar surface area (TPSA) is 102 Å². The zero-order valence-electron chi connectivity index (χ0n) is 15.2. The lowest BCUT2D eigenvalue weighted by Crippen LogP contribution is -2.47. The van der Waals surface area contributed by atoms with Gasteiger partial charge in [0.1, 0.15) is 12.0 Å². The number of imidazole rings is 1. The highest BCUT2D eigenvalue weighted by Gasteiger charge is 2.30. The molecular weight excluding hydrogens is 382 g/mol. The summed E-state index contributed by atoms with van der Waals surface area (Å²) in [6.45, 7) is 1.97. The fraction of sp³-hybridized carbons (Fsp3) is 0.278. The van der Waals surface area contributed by atoms with Crippen LogP contribution in [0, 0.1) is 10.1 Å². The van der Waals surface area contributed by atoms with E-state index in [0.29, 0.717) is 37.2 Å². The fourth-order valence-corrected chi connectivity index (χ4v) is 4.79. The van der Waals surface area contributed by atoms with Crippen molar-refractivity contribution in [1.82, 2.24) is 18.8 Å². The summed E-state index contributed by atoms with van der Waals surface area (Å²) in [6, 6.07) is 11.3. The molecule has 1 aliphatic rings. The molecule has 0 atom stereocenters. The predicted octanol–water partition coefficient (Wildman–Crippen LogP) is 1.87. The number of fused-ring (bicyclic) bond motifs is 1. The molecule has 1 aromatic heterocycles. The van der Waals surface area contributed by atoms with Gasteiger partial charge in [0.2, 0.25) is 10.0 Å². The first kappa shape index (κ1) is 18.5. The zero-order chi connectivity index (χ0) is 19.9. The third kappa shape index (κ3) is 3.15. The quantitative estimate of drug-likeness (QED) is 0.489. The van der Waals surface area contributed by atoms with Gasteiger partial charge in [0.05, 0.1) is 20.9 Å². The number of rotatable bonds is 4. The number of benzene rings is 2. The van der Waals surface area contributed by atoms with E-state index in [0.717, 1.165) is 6.07 Å². The molecule has 2 aromatic carbocycles. The largest absolute Gasteiger partial charge is 0.304 e. The van der Waals surface area contributed by atoms with E-state index < -0.39 is 14.9 Å². The van der Waals surface area contributed by atoms with Crippen molar-refractivity contribution < 1.29 is 13.3 Å². The Morgan fingerprint density at radius 2 is 1.79 bits per heavy atom. The van der Waals surface area contributed by atoms with Crippen LogP contribution in [0.4, 0.5) is 5.69 Å². The summed E-state index contributed by atoms with van der Waals surface area (Å²) in [4.78, 5) is 17.4. The molecule has 0 radical (unpaired) electrons. The molecule has 2 heterocycles. The minimum atomic E-state index is -3.79. The average molecular weight is 401 g/mol. The molecule has 146 valence electrons. The first-order valence-electron chi connectivity index (χ1n) is 8.77. The molecule has 1 saturated heterocycles. The molecule has 0 aliphatic carbocycles. The van der Waals surface area contributed by atoms with Crippen LogP contribution in [0.3, 0.4) is 0 Å². The van der Waals surface area contributed by atoms with E-state index in [-0.39, 0.29) is 16.3 Å². The maximum absolute atomic E-state index is 12.9. The molecule has 10 heteroatoms. The van der Waals surface area contributed by atoms with Gasteiger partial charge in [-0.25, -0.2) is 13.4 Å². The van der Waals surface area contributed by atoms with Crippen LogP contribution in [-0.4, -0.2) is 65.3 Å². The molecule has 4 rings (SSSR count). The first-order chi connectivity index (χ1) is 13.4. The van der Waals surface area contributed by atoms with Gasteiger partial charge in [0.15, 0.2) is 0 Å². The van der Waals surface area contributed by atoms with E-state index in [4.69, 9.17) is 0 Å². The van der Waals surface area contributed by atoms with Crippen LogP contribution in [-0.2, 0) is 10.0 Å². The average Bonchev–Trinajstić information content (AvgIpc) is 3.12. The van der Waals surface area contributed by atoms with Gasteiger partial charge in [-0.15, -0.1) is 0 Å². The smallest absolute Gasteiger partial charge is 0.294 e. The second kappa shape index (κ2) is 6.97. The van der Waals surface area contributed by atoms with Gasteiger partial charge >= 0.3 is 0 Å². The van der Waals surface area contributed by atoms with E-state index in [1.54, 1.807) is 10.6 Å². The third-order valence-corrected chi connectivity index (χ3v) is 6.85. The summed E-state index contributed by atoms with van der Waals surface area (Å²) in [5.41, 5.74) is 1.40. The Hall–Kier alpha value is -2.82. The predicted molar refractivity (Wildman–Crippen MR) is 104 cm³/mol. The van der Waals surface area contributed by atoms with E-state index in [9.17, 15) is 18.5 Å². The number of para-hydroxylation sites is 2. The van der Waals surface area contributed by atoms with Gasteiger partial charge in [-0.3, -0.25) is 14.7 Å². The van der Waals surface area contributed by atoms with Crippen molar-refractivity contribution >= 4 is 26.7 Å². The summed E-state index contributed by atoms with van der Waals surface area (Å²) in [5, 5.41) is 11.7. The van der Waals surface area contributed by atoms with Crippen molar-refractivity contribution in [3.05, 3.63) is 58.9 Å². The van der Waals surface area contributed by atoms with Gasteiger partial charge in [0, 0.05) is 32.2 Å². The van der Waals surface area contributed by atoms with Crippen LogP contribution in [0.15, 0.2) is 53.7 Å². The summed E-state index contributed by atoms with van der Waals surface area (Å²) in [6.07, 6.45) is 1.50. The highest BCUT2D eigenvalue weighted by Crippen LogP contribution is 2.30. The van der Waals surface area contributed by atoms with Gasteiger partial charge in [-0.2, -0.15) is 4.31 Å². The number of hydrogen-bond donors (Lipinski definition) is 0. The van der Waals surface area contributed by atoms with E-state index in [2.05, 4.69) is 4.98 Å². The van der Waals surface area contributed by atoms with Gasteiger partial charge in [-0.05, 0) is 31.3 Å². The van der Waals surface area contributed by atoms with Crippen LogP contribution in [0.1, 0.15) is 0 Å². The highest BCUT2D eigenvalue weighted by molar-refractivity contribution is 7.89. The number of nitro benzene ring substituents is 1. The Morgan fingerprint density at radius 1 is 1.07 bits per heavy atom. The zero-order valence-corrected chi connectivity index (χ0v) is 16.0. The molecule has 3 aromatic rings. The SMILES string of the molecule is CN1CCN(S(=O)(=O)c2ccc(-n3cnc4ccccc43)c([N+](=O)[O-])c2)CC1. The van der Waals surface area contributed by atoms with Crippen molar-refractivity contribution in [3.63, 3.8) is 0 Å². The summed E-state index contributed by atoms with van der Waals surface area (Å²) < 4.78 is 28.9. The summed E-state index contributed by atoms with van der Waals surface area (Å²) >= 11 is 0. The van der Waals surface area contributed by atoms with Crippen LogP contribution in [0.25, 0.3) is 16.7 Å². The summed E-state index contributed by atoms with van der Waals surface area (Å²) in [7, 11) is -1.86. The van der Waals surface area contributed by atoms with Crippen molar-refractivity contribution in [2.75, 3.05) is 33.2 Å². The molecule has 0 saturated carbocycles. The maximum Gasteiger partial charge on any atom is 0.294 e. The van der Waals surface area contributed by atoms with Gasteiger partial charge in [0.25, 0.3) is 5.69 Å². The highest BCUT2D eigenvalue weighted by atomic mass is 32.2. The van der Waals surface area contributed by atoms with Gasteiger partial charge in [-0.1, -0.05) is 12.1 Å². The normalized spacial score (nSPS) is 16.5. The number of hydrogen-bond acceptors (Lipinski definition) is 6. The Bertz CT molecular complexity index is 1150. The standard InChI is InChI=1S/C18H19N5O4S/c1-20-8-10-21(11-9-20)28(26,27)14-6-7-17(18(12-14)23(24)25)22-13-19-15-4-2-3-5-16(15)22/h2-7,12-13H,8-11H2,1H3. The molecular formula is C18H19N5O4S. The van der Waals surface area contributed by atoms with Crippen LogP contribution in [0.5, 0.6) is 0 Å². The third-order valence-electron chi connectivity index (χ3n) is 4.96.